The number of aliphatic hydroxyl groups excluding tert-OH is 4. The summed E-state index contributed by atoms with van der Waals surface area (Å²) in [5, 5.41) is 45.1. The maximum atomic E-state index is 12.5. The van der Waals surface area contributed by atoms with Gasteiger partial charge in [-0.25, -0.2) is 19.3 Å². The number of imidazole rings is 1. The van der Waals surface area contributed by atoms with Crippen LogP contribution in [0.1, 0.15) is 61.3 Å². The highest BCUT2D eigenvalue weighted by Crippen LogP contribution is 2.56. The molecule has 0 aromatic carbocycles. The van der Waals surface area contributed by atoms with Gasteiger partial charge in [-0.05, 0) is 25.5 Å². The Bertz CT molecular complexity index is 1890. The first kappa shape index (κ1) is 42.8. The van der Waals surface area contributed by atoms with Crippen LogP contribution in [0.15, 0.2) is 37.2 Å². The lowest BCUT2D eigenvalue weighted by molar-refractivity contribution is -0.765. The van der Waals surface area contributed by atoms with E-state index in [2.05, 4.69) is 33.6 Å². The van der Waals surface area contributed by atoms with Crippen molar-refractivity contribution in [2.24, 2.45) is 11.5 Å². The molecule has 23 nitrogen and oxygen atoms in total. The SMILES string of the molecule is NCCCCCCCC(=O)CNc1ncnc2c1ncn2[C@H]1O[C@@H](COP(=O)([O-])OP(=O)([O-])OC[C@H]2O[C@@H]([n+]3cccc(C(N)=O)c3)[C@@H](O)C2O)[C@@H](O)C1O. The summed E-state index contributed by atoms with van der Waals surface area (Å²) in [6, 6.07) is 2.80. The molecule has 5 heterocycles. The van der Waals surface area contributed by atoms with Gasteiger partial charge in [0.05, 0.1) is 26.1 Å². The zero-order valence-electron chi connectivity index (χ0n) is 29.2. The van der Waals surface area contributed by atoms with Gasteiger partial charge in [0.15, 0.2) is 47.5 Å². The van der Waals surface area contributed by atoms with E-state index in [0.29, 0.717) is 13.0 Å². The maximum absolute atomic E-state index is 12.5. The van der Waals surface area contributed by atoms with Crippen LogP contribution in [0, 0.1) is 0 Å². The number of nitrogens with one attached hydrogen (secondary N) is 1. The first-order valence-electron chi connectivity index (χ1n) is 17.2. The molecule has 5 rings (SSSR count). The second-order valence-electron chi connectivity index (χ2n) is 12.8. The second-order valence-corrected chi connectivity index (χ2v) is 15.8. The molecule has 2 saturated heterocycles. The van der Waals surface area contributed by atoms with Crippen molar-refractivity contribution in [1.82, 2.24) is 19.5 Å². The normalized spacial score (nSPS) is 27.5. The number of hydrogen-bond donors (Lipinski definition) is 7. The molecule has 3 aromatic rings. The number of pyridine rings is 1. The molecule has 304 valence electrons. The van der Waals surface area contributed by atoms with E-state index in [1.807, 2.05) is 0 Å². The molecule has 3 aromatic heterocycles. The van der Waals surface area contributed by atoms with E-state index in [-0.39, 0.29) is 34.9 Å². The second kappa shape index (κ2) is 18.7. The zero-order chi connectivity index (χ0) is 39.9. The van der Waals surface area contributed by atoms with Gasteiger partial charge in [-0.2, -0.15) is 4.57 Å². The Hall–Kier alpha value is -3.38. The number of aromatic nitrogens is 5. The Morgan fingerprint density at radius 3 is 2.27 bits per heavy atom. The average Bonchev–Trinajstić information content (AvgIpc) is 3.79. The van der Waals surface area contributed by atoms with Crippen molar-refractivity contribution >= 4 is 44.3 Å². The number of rotatable bonds is 21. The number of nitrogens with two attached hydrogens (primary N) is 2. The van der Waals surface area contributed by atoms with Crippen molar-refractivity contribution in [2.75, 3.05) is 31.6 Å². The predicted octanol–water partition coefficient (Wildman–Crippen LogP) is -2.58. The number of amides is 1. The summed E-state index contributed by atoms with van der Waals surface area (Å²) in [7, 11) is -11.5. The van der Waals surface area contributed by atoms with Crippen molar-refractivity contribution < 1.29 is 76.3 Å². The fourth-order valence-electron chi connectivity index (χ4n) is 5.94. The fraction of sp³-hybridized carbons (Fsp3) is 0.600. The summed E-state index contributed by atoms with van der Waals surface area (Å²) in [6.45, 7) is -1.40. The van der Waals surface area contributed by atoms with Crippen LogP contribution >= 0.6 is 15.6 Å². The molecule has 25 heteroatoms. The number of phosphoric acid groups is 2. The van der Waals surface area contributed by atoms with Crippen molar-refractivity contribution in [2.45, 2.75) is 87.6 Å². The number of carbonyl (C=O) groups is 2. The topological polar surface area (TPSA) is 353 Å². The van der Waals surface area contributed by atoms with Crippen molar-refractivity contribution in [3.63, 3.8) is 0 Å². The highest BCUT2D eigenvalue weighted by Gasteiger charge is 2.49. The molecule has 0 saturated carbocycles. The third-order valence-electron chi connectivity index (χ3n) is 8.81. The van der Waals surface area contributed by atoms with E-state index in [1.165, 1.54) is 46.3 Å². The average molecular weight is 818 g/mol. The summed E-state index contributed by atoms with van der Waals surface area (Å²) in [4.78, 5) is 61.3. The number of fused-ring (bicyclic) bond motifs is 1. The molecule has 0 aliphatic carbocycles. The molecule has 1 amide bonds. The van der Waals surface area contributed by atoms with Gasteiger partial charge in [-0.3, -0.25) is 23.3 Å². The highest BCUT2D eigenvalue weighted by molar-refractivity contribution is 7.59. The lowest BCUT2D eigenvalue weighted by Gasteiger charge is -2.31. The molecule has 2 fully saturated rings. The summed E-state index contributed by atoms with van der Waals surface area (Å²) in [5.74, 6) is -0.599. The van der Waals surface area contributed by atoms with Crippen molar-refractivity contribution in [1.29, 1.82) is 0 Å². The molecule has 55 heavy (non-hydrogen) atoms. The number of phosphoric ester groups is 2. The van der Waals surface area contributed by atoms with Crippen LogP contribution in [-0.4, -0.2) is 115 Å². The van der Waals surface area contributed by atoms with Crippen LogP contribution < -0.4 is 31.1 Å². The third-order valence-corrected chi connectivity index (χ3v) is 11.3. The molecule has 10 atom stereocenters. The lowest BCUT2D eigenvalue weighted by atomic mass is 10.1. The molecule has 0 spiro atoms. The van der Waals surface area contributed by atoms with Crippen LogP contribution in [0.5, 0.6) is 0 Å². The number of hydrogen-bond acceptors (Lipinski definition) is 20. The first-order valence-corrected chi connectivity index (χ1v) is 20.1. The minimum atomic E-state index is -5.74. The Morgan fingerprint density at radius 2 is 1.58 bits per heavy atom. The number of primary amides is 1. The van der Waals surface area contributed by atoms with Crippen molar-refractivity contribution in [3.05, 3.63) is 42.7 Å². The van der Waals surface area contributed by atoms with Gasteiger partial charge in [-0.15, -0.1) is 0 Å². The smallest absolute Gasteiger partial charge is 0.292 e. The number of anilines is 1. The van der Waals surface area contributed by atoms with Crippen LogP contribution in [0.3, 0.4) is 0 Å². The molecule has 4 unspecified atom stereocenters. The number of ether oxygens (including phenoxy) is 2. The van der Waals surface area contributed by atoms with E-state index in [0.717, 1.165) is 32.1 Å². The summed E-state index contributed by atoms with van der Waals surface area (Å²) in [5.41, 5.74) is 11.1. The molecule has 9 N–H and O–H groups in total. The zero-order valence-corrected chi connectivity index (χ0v) is 31.0. The van der Waals surface area contributed by atoms with E-state index in [9.17, 15) is 48.9 Å². The first-order chi connectivity index (χ1) is 26.1. The largest absolute Gasteiger partial charge is 0.756 e. The lowest BCUT2D eigenvalue weighted by Crippen LogP contribution is -2.46. The molecule has 2 aliphatic heterocycles. The van der Waals surface area contributed by atoms with Gasteiger partial charge in [-0.1, -0.05) is 19.3 Å². The van der Waals surface area contributed by atoms with Gasteiger partial charge in [0, 0.05) is 12.5 Å². The number of Topliss-reactive ketones (excluding diaryl/α,β-unsaturated/α-hetero) is 1. The quantitative estimate of drug-likeness (QED) is 0.0330. The standard InChI is InChI=1S/C30H44N8O15P2/c31-9-5-3-1-2-4-8-18(39)11-33-27-21-28(35-15-34-27)38(16-36-21)30-25(43)23(41)20(52-30)14-50-55(47,48)53-54(45,46)49-13-19-22(40)24(42)29(51-19)37-10-6-7-17(12-37)26(32)44/h6-7,10,12,15-16,19-20,22-25,29-30,40-43H,1-5,8-9,11,13-14,31H2,(H4-,32,33,34,35,44,45,46,47,48)/p-1/t19-,20+,22?,23-,24+,25?,29-,30+/m1/s1. The molecule has 0 radical (unpaired) electrons. The molecule has 0 bridgehead atoms. The van der Waals surface area contributed by atoms with E-state index in [1.54, 1.807) is 0 Å². The highest BCUT2D eigenvalue weighted by atomic mass is 31.3. The van der Waals surface area contributed by atoms with Crippen LogP contribution in [0.25, 0.3) is 11.2 Å². The Kier molecular flexibility index (Phi) is 14.5. The Balaban J connectivity index is 1.12. The van der Waals surface area contributed by atoms with Gasteiger partial charge in [0.1, 0.15) is 42.4 Å². The Morgan fingerprint density at radius 1 is 0.927 bits per heavy atom. The summed E-state index contributed by atoms with van der Waals surface area (Å²) < 4.78 is 51.8. The number of carbonyl (C=O) groups excluding carboxylic acids is 2. The molecular formula is C30H43N8O15P2-. The van der Waals surface area contributed by atoms with Crippen molar-refractivity contribution in [3.8, 4) is 0 Å². The van der Waals surface area contributed by atoms with E-state index >= 15 is 0 Å². The summed E-state index contributed by atoms with van der Waals surface area (Å²) >= 11 is 0. The number of aliphatic hydroxyl groups is 4. The monoisotopic (exact) mass is 817 g/mol. The van der Waals surface area contributed by atoms with E-state index in [4.69, 9.17) is 20.9 Å². The maximum Gasteiger partial charge on any atom is 0.292 e. The van der Waals surface area contributed by atoms with Gasteiger partial charge in [0.25, 0.3) is 27.8 Å². The number of ketones is 1. The van der Waals surface area contributed by atoms with Gasteiger partial charge < -0.3 is 65.5 Å². The van der Waals surface area contributed by atoms with Crippen LogP contribution in [0.2, 0.25) is 0 Å². The number of nitrogens with zero attached hydrogens (tertiary/aromatic N) is 5. The third kappa shape index (κ3) is 10.9. The molecule has 2 aliphatic rings. The minimum Gasteiger partial charge on any atom is -0.756 e. The van der Waals surface area contributed by atoms with Gasteiger partial charge in [0.2, 0.25) is 0 Å². The van der Waals surface area contributed by atoms with Crippen LogP contribution in [0.4, 0.5) is 5.82 Å². The summed E-state index contributed by atoms with van der Waals surface area (Å²) in [6.07, 6.45) is -2.45. The van der Waals surface area contributed by atoms with Gasteiger partial charge >= 0.3 is 0 Å². The van der Waals surface area contributed by atoms with Crippen LogP contribution in [-0.2, 0) is 36.8 Å². The number of unbranched alkanes of at least 4 members (excludes halogenated alkanes) is 4. The van der Waals surface area contributed by atoms with E-state index < -0.39 is 83.8 Å². The minimum absolute atomic E-state index is 0.0190. The fourth-order valence-corrected chi connectivity index (χ4v) is 7.96. The molecular weight excluding hydrogens is 774 g/mol. The Labute approximate surface area is 313 Å². The predicted molar refractivity (Wildman–Crippen MR) is 181 cm³/mol.